The number of ether oxygens (including phenoxy) is 1. The molecule has 2 aliphatic rings. The molecule has 2 fully saturated rings. The summed E-state index contributed by atoms with van der Waals surface area (Å²) < 4.78 is 19.8. The lowest BCUT2D eigenvalue weighted by Crippen LogP contribution is -2.27. The Kier molecular flexibility index (Phi) is 11.2. The van der Waals surface area contributed by atoms with Gasteiger partial charge in [-0.15, -0.1) is 0 Å². The Morgan fingerprint density at radius 1 is 0.778 bits per heavy atom. The van der Waals surface area contributed by atoms with E-state index in [1.54, 1.807) is 0 Å². The van der Waals surface area contributed by atoms with Crippen LogP contribution in [0.4, 0.5) is 4.39 Å². The number of rotatable bonds is 15. The first-order valence-electron chi connectivity index (χ1n) is 15.9. The SMILES string of the molecule is COc1cc(F)cc(CN(Cc2cccc(C[C@H](C(=O)O)[C@H]3CCNC3)c2)Cc2cccc(C[C@H](C(=O)O)[C@H]3CCNC3)c2)c1. The molecule has 0 aromatic heterocycles. The van der Waals surface area contributed by atoms with Gasteiger partial charge >= 0.3 is 11.9 Å². The normalized spacial score (nSPS) is 19.4. The van der Waals surface area contributed by atoms with Crippen molar-refractivity contribution in [3.8, 4) is 5.75 Å². The summed E-state index contributed by atoms with van der Waals surface area (Å²) in [6.45, 7) is 4.74. The molecule has 3 aromatic rings. The average Bonchev–Trinajstić information content (AvgIpc) is 3.74. The number of hydrogen-bond acceptors (Lipinski definition) is 6. The molecule has 0 saturated carbocycles. The molecule has 4 atom stereocenters. The highest BCUT2D eigenvalue weighted by Crippen LogP contribution is 2.27. The number of methoxy groups -OCH3 is 1. The fourth-order valence-electron chi connectivity index (χ4n) is 6.94. The van der Waals surface area contributed by atoms with E-state index < -0.39 is 23.8 Å². The summed E-state index contributed by atoms with van der Waals surface area (Å²) in [4.78, 5) is 26.5. The summed E-state index contributed by atoms with van der Waals surface area (Å²) in [5.74, 6) is -2.08. The van der Waals surface area contributed by atoms with Gasteiger partial charge in [-0.05, 0) is 104 Å². The summed E-state index contributed by atoms with van der Waals surface area (Å²) in [5, 5.41) is 26.5. The topological polar surface area (TPSA) is 111 Å². The second-order valence-electron chi connectivity index (χ2n) is 12.6. The van der Waals surface area contributed by atoms with Crippen LogP contribution in [-0.4, -0.2) is 60.3 Å². The molecule has 0 bridgehead atoms. The second-order valence-corrected chi connectivity index (χ2v) is 12.6. The van der Waals surface area contributed by atoms with Crippen molar-refractivity contribution in [2.45, 2.75) is 45.3 Å². The van der Waals surface area contributed by atoms with Gasteiger partial charge in [-0.1, -0.05) is 48.5 Å². The predicted molar refractivity (Wildman–Crippen MR) is 170 cm³/mol. The third-order valence-electron chi connectivity index (χ3n) is 9.25. The van der Waals surface area contributed by atoms with Gasteiger partial charge in [0.1, 0.15) is 11.6 Å². The zero-order valence-electron chi connectivity index (χ0n) is 25.9. The van der Waals surface area contributed by atoms with Gasteiger partial charge in [0.05, 0.1) is 18.9 Å². The first-order valence-corrected chi connectivity index (χ1v) is 15.9. The Hall–Kier alpha value is -3.79. The molecule has 0 aliphatic carbocycles. The summed E-state index contributed by atoms with van der Waals surface area (Å²) >= 11 is 0. The Morgan fingerprint density at radius 2 is 1.27 bits per heavy atom. The third kappa shape index (κ3) is 9.12. The lowest BCUT2D eigenvalue weighted by molar-refractivity contribution is -0.144. The average molecular weight is 618 g/mol. The van der Waals surface area contributed by atoms with Crippen LogP contribution in [-0.2, 0) is 42.1 Å². The van der Waals surface area contributed by atoms with Crippen LogP contribution in [0.25, 0.3) is 0 Å². The quantitative estimate of drug-likeness (QED) is 0.194. The molecule has 4 N–H and O–H groups in total. The monoisotopic (exact) mass is 617 g/mol. The number of nitrogens with zero attached hydrogens (tertiary/aromatic N) is 1. The van der Waals surface area contributed by atoms with Crippen molar-refractivity contribution in [3.63, 3.8) is 0 Å². The predicted octanol–water partition coefficient (Wildman–Crippen LogP) is 4.74. The van der Waals surface area contributed by atoms with Gasteiger partial charge in [0.2, 0.25) is 0 Å². The van der Waals surface area contributed by atoms with E-state index in [2.05, 4.69) is 27.7 Å². The zero-order valence-corrected chi connectivity index (χ0v) is 25.9. The zero-order chi connectivity index (χ0) is 31.8. The number of carbonyl (C=O) groups is 2. The van der Waals surface area contributed by atoms with Crippen molar-refractivity contribution in [3.05, 3.63) is 100 Å². The largest absolute Gasteiger partial charge is 0.497 e. The van der Waals surface area contributed by atoms with Crippen LogP contribution in [0.5, 0.6) is 5.75 Å². The van der Waals surface area contributed by atoms with E-state index in [0.717, 1.165) is 66.8 Å². The molecule has 45 heavy (non-hydrogen) atoms. The summed E-state index contributed by atoms with van der Waals surface area (Å²) in [7, 11) is 1.52. The van der Waals surface area contributed by atoms with Crippen LogP contribution in [0.2, 0.25) is 0 Å². The molecule has 0 unspecified atom stereocenters. The van der Waals surface area contributed by atoms with Gasteiger partial charge in [-0.2, -0.15) is 0 Å². The molecule has 2 heterocycles. The van der Waals surface area contributed by atoms with Crippen molar-refractivity contribution < 1.29 is 28.9 Å². The molecule has 2 saturated heterocycles. The van der Waals surface area contributed by atoms with Crippen LogP contribution in [0, 0.1) is 29.5 Å². The van der Waals surface area contributed by atoms with E-state index in [9.17, 15) is 24.2 Å². The number of nitrogens with one attached hydrogen (secondary N) is 2. The van der Waals surface area contributed by atoms with Gasteiger partial charge in [0, 0.05) is 25.7 Å². The molecule has 2 aliphatic heterocycles. The first-order chi connectivity index (χ1) is 21.8. The van der Waals surface area contributed by atoms with Gasteiger partial charge < -0.3 is 25.6 Å². The lowest BCUT2D eigenvalue weighted by atomic mass is 9.86. The first kappa shape index (κ1) is 32.6. The molecule has 0 amide bonds. The minimum Gasteiger partial charge on any atom is -0.497 e. The Labute approximate surface area is 264 Å². The van der Waals surface area contributed by atoms with Gasteiger partial charge in [-0.3, -0.25) is 14.5 Å². The molecule has 8 nitrogen and oxygen atoms in total. The van der Waals surface area contributed by atoms with Gasteiger partial charge in [-0.25, -0.2) is 4.39 Å². The molecular formula is C36H44FN3O5. The van der Waals surface area contributed by atoms with Crippen molar-refractivity contribution in [1.82, 2.24) is 15.5 Å². The lowest BCUT2D eigenvalue weighted by Gasteiger charge is -2.24. The van der Waals surface area contributed by atoms with Crippen LogP contribution < -0.4 is 15.4 Å². The maximum atomic E-state index is 14.5. The summed E-state index contributed by atoms with van der Waals surface area (Å²) in [6, 6.07) is 20.9. The third-order valence-corrected chi connectivity index (χ3v) is 9.25. The highest BCUT2D eigenvalue weighted by atomic mass is 19.1. The molecule has 5 rings (SSSR count). The van der Waals surface area contributed by atoms with E-state index in [4.69, 9.17) is 4.74 Å². The molecule has 9 heteroatoms. The minimum atomic E-state index is -0.759. The number of carboxylic acid groups (broad SMARTS) is 2. The van der Waals surface area contributed by atoms with Crippen LogP contribution in [0.3, 0.4) is 0 Å². The van der Waals surface area contributed by atoms with Crippen LogP contribution in [0.15, 0.2) is 66.7 Å². The van der Waals surface area contributed by atoms with Crippen LogP contribution >= 0.6 is 0 Å². The van der Waals surface area contributed by atoms with E-state index in [-0.39, 0.29) is 17.7 Å². The van der Waals surface area contributed by atoms with Crippen molar-refractivity contribution in [1.29, 1.82) is 0 Å². The Morgan fingerprint density at radius 3 is 1.71 bits per heavy atom. The summed E-state index contributed by atoms with van der Waals surface area (Å²) in [6.07, 6.45) is 2.68. The number of carboxylic acids is 2. The van der Waals surface area contributed by atoms with Crippen molar-refractivity contribution >= 4 is 11.9 Å². The Bertz CT molecular complexity index is 1370. The maximum Gasteiger partial charge on any atom is 0.307 e. The maximum absolute atomic E-state index is 14.5. The number of hydrogen-bond donors (Lipinski definition) is 4. The molecule has 3 aromatic carbocycles. The van der Waals surface area contributed by atoms with E-state index in [1.807, 2.05) is 42.5 Å². The fourth-order valence-corrected chi connectivity index (χ4v) is 6.94. The number of halogens is 1. The molecule has 240 valence electrons. The molecule has 0 spiro atoms. The molecule has 0 radical (unpaired) electrons. The second kappa shape index (κ2) is 15.5. The van der Waals surface area contributed by atoms with Crippen molar-refractivity contribution in [2.24, 2.45) is 23.7 Å². The van der Waals surface area contributed by atoms with Gasteiger partial charge in [0.25, 0.3) is 0 Å². The van der Waals surface area contributed by atoms with E-state index in [1.165, 1.54) is 19.2 Å². The van der Waals surface area contributed by atoms with Crippen LogP contribution in [0.1, 0.15) is 40.7 Å². The number of benzene rings is 3. The standard InChI is InChI=1S/C36H44FN3O5/c1-45-32-15-28(14-31(37)18-32)23-40(21-26-6-2-4-24(12-26)16-33(35(41)42)29-8-10-38-19-29)22-27-7-3-5-25(13-27)17-34(36(43)44)30-9-11-39-20-30/h2-7,12-15,18,29-30,33-34,38-39H,8-11,16-17,19-23H2,1H3,(H,41,42)(H,43,44)/t29-,30-,33-,34-/m0/s1. The fraction of sp³-hybridized carbons (Fsp3) is 0.444. The van der Waals surface area contributed by atoms with Gasteiger partial charge in [0.15, 0.2) is 0 Å². The smallest absolute Gasteiger partial charge is 0.307 e. The summed E-state index contributed by atoms with van der Waals surface area (Å²) in [5.41, 5.74) is 4.84. The Balaban J connectivity index is 1.36. The van der Waals surface area contributed by atoms with E-state index >= 15 is 0 Å². The minimum absolute atomic E-state index is 0.114. The number of aliphatic carboxylic acids is 2. The van der Waals surface area contributed by atoms with E-state index in [0.29, 0.717) is 38.2 Å². The highest BCUT2D eigenvalue weighted by Gasteiger charge is 2.31. The molecular weight excluding hydrogens is 573 g/mol. The van der Waals surface area contributed by atoms with Crippen molar-refractivity contribution in [2.75, 3.05) is 33.3 Å². The highest BCUT2D eigenvalue weighted by molar-refractivity contribution is 5.71.